The average Bonchev–Trinajstić information content (AvgIpc) is 3.02. The van der Waals surface area contributed by atoms with Crippen LogP contribution >= 0.6 is 0 Å². The van der Waals surface area contributed by atoms with Gasteiger partial charge in [-0.15, -0.1) is 0 Å². The summed E-state index contributed by atoms with van der Waals surface area (Å²) < 4.78 is 7.21. The number of hydrogen-bond donors (Lipinski definition) is 2. The molecule has 2 N–H and O–H groups in total. The zero-order chi connectivity index (χ0) is 18.2. The van der Waals surface area contributed by atoms with E-state index < -0.39 is 0 Å². The summed E-state index contributed by atoms with van der Waals surface area (Å²) >= 11 is 0. The summed E-state index contributed by atoms with van der Waals surface area (Å²) in [6.07, 6.45) is 5.66. The van der Waals surface area contributed by atoms with E-state index in [2.05, 4.69) is 29.5 Å². The summed E-state index contributed by atoms with van der Waals surface area (Å²) in [4.78, 5) is 16.7. The Kier molecular flexibility index (Phi) is 6.86. The predicted molar refractivity (Wildman–Crippen MR) is 98.7 cm³/mol. The van der Waals surface area contributed by atoms with Gasteiger partial charge in [0.1, 0.15) is 17.6 Å². The maximum atomic E-state index is 12.3. The molecule has 0 saturated carbocycles. The Morgan fingerprint density at radius 1 is 1.36 bits per heavy atom. The van der Waals surface area contributed by atoms with Gasteiger partial charge in [0.25, 0.3) is 0 Å². The van der Waals surface area contributed by atoms with E-state index >= 15 is 0 Å². The van der Waals surface area contributed by atoms with Gasteiger partial charge >= 0.3 is 6.03 Å². The topological polar surface area (TPSA) is 68.2 Å². The van der Waals surface area contributed by atoms with E-state index in [1.54, 1.807) is 13.3 Å². The Morgan fingerprint density at radius 2 is 2.16 bits per heavy atom. The minimum absolute atomic E-state index is 0.195. The molecule has 136 valence electrons. The van der Waals surface area contributed by atoms with Gasteiger partial charge in [-0.3, -0.25) is 0 Å². The lowest BCUT2D eigenvalue weighted by Gasteiger charge is -2.20. The predicted octanol–water partition coefficient (Wildman–Crippen LogP) is 3.25. The highest BCUT2D eigenvalue weighted by Gasteiger charge is 2.21. The number of carbonyl (C=O) groups excluding carboxylic acids is 1. The number of methoxy groups -OCH3 is 1. The highest BCUT2D eigenvalue weighted by molar-refractivity contribution is 5.74. The molecule has 2 aromatic rings. The maximum Gasteiger partial charge on any atom is 0.315 e. The number of ether oxygens (including phenoxy) is 1. The molecule has 1 aromatic heterocycles. The Labute approximate surface area is 149 Å². The number of imidazole rings is 1. The quantitative estimate of drug-likeness (QED) is 0.722. The molecular weight excluding hydrogens is 316 g/mol. The van der Waals surface area contributed by atoms with Crippen LogP contribution in [-0.4, -0.2) is 29.2 Å². The molecule has 0 radical (unpaired) electrons. The largest absolute Gasteiger partial charge is 0.497 e. The van der Waals surface area contributed by atoms with Crippen LogP contribution in [0, 0.1) is 5.92 Å². The molecular formula is C19H28N4O2. The second kappa shape index (κ2) is 9.11. The zero-order valence-electron chi connectivity index (χ0n) is 15.5. The van der Waals surface area contributed by atoms with Crippen LogP contribution in [-0.2, 0) is 7.05 Å². The molecule has 0 saturated heterocycles. The zero-order valence-corrected chi connectivity index (χ0v) is 15.5. The van der Waals surface area contributed by atoms with Crippen molar-refractivity contribution >= 4 is 6.03 Å². The van der Waals surface area contributed by atoms with E-state index in [1.165, 1.54) is 0 Å². The summed E-state index contributed by atoms with van der Waals surface area (Å²) in [7, 11) is 3.54. The Morgan fingerprint density at radius 3 is 2.80 bits per heavy atom. The number of carbonyl (C=O) groups is 1. The van der Waals surface area contributed by atoms with Gasteiger partial charge in [-0.2, -0.15) is 0 Å². The van der Waals surface area contributed by atoms with Crippen molar-refractivity contribution in [2.24, 2.45) is 13.0 Å². The van der Waals surface area contributed by atoms with Gasteiger partial charge in [0.05, 0.1) is 7.11 Å². The minimum Gasteiger partial charge on any atom is -0.497 e. The number of amides is 2. The molecule has 2 amide bonds. The molecule has 1 aromatic carbocycles. The van der Waals surface area contributed by atoms with Crippen molar-refractivity contribution in [3.63, 3.8) is 0 Å². The number of rotatable bonds is 8. The van der Waals surface area contributed by atoms with Crippen LogP contribution in [0.1, 0.15) is 44.1 Å². The van der Waals surface area contributed by atoms with Gasteiger partial charge in [0.2, 0.25) is 0 Å². The highest BCUT2D eigenvalue weighted by atomic mass is 16.5. The fraction of sp³-hybridized carbons (Fsp3) is 0.474. The molecule has 0 fully saturated rings. The van der Waals surface area contributed by atoms with Crippen LogP contribution in [0.2, 0.25) is 0 Å². The SMILES string of the molecule is COc1cccc(C(NC(=O)NCCCC(C)C)c2nccn2C)c1. The lowest BCUT2D eigenvalue weighted by molar-refractivity contribution is 0.237. The molecule has 0 aliphatic carbocycles. The summed E-state index contributed by atoms with van der Waals surface area (Å²) in [5.41, 5.74) is 0.922. The first-order valence-corrected chi connectivity index (χ1v) is 8.66. The summed E-state index contributed by atoms with van der Waals surface area (Å²) in [5.74, 6) is 2.16. The number of nitrogens with one attached hydrogen (secondary N) is 2. The van der Waals surface area contributed by atoms with Crippen molar-refractivity contribution in [2.45, 2.75) is 32.7 Å². The summed E-state index contributed by atoms with van der Waals surface area (Å²) in [6.45, 7) is 5.02. The fourth-order valence-electron chi connectivity index (χ4n) is 2.67. The third-order valence-corrected chi connectivity index (χ3v) is 4.06. The van der Waals surface area contributed by atoms with Crippen LogP contribution < -0.4 is 15.4 Å². The summed E-state index contributed by atoms with van der Waals surface area (Å²) in [6, 6.07) is 7.12. The van der Waals surface area contributed by atoms with E-state index in [4.69, 9.17) is 4.74 Å². The van der Waals surface area contributed by atoms with E-state index in [-0.39, 0.29) is 12.1 Å². The second-order valence-electron chi connectivity index (χ2n) is 6.54. The van der Waals surface area contributed by atoms with Crippen LogP contribution in [0.5, 0.6) is 5.75 Å². The standard InChI is InChI=1S/C19H28N4O2/c1-14(2)7-6-10-21-19(24)22-17(18-20-11-12-23(18)3)15-8-5-9-16(13-15)25-4/h5,8-9,11-14,17H,6-7,10H2,1-4H3,(H2,21,22,24). The molecule has 0 bridgehead atoms. The highest BCUT2D eigenvalue weighted by Crippen LogP contribution is 2.24. The Bertz CT molecular complexity index is 682. The third kappa shape index (κ3) is 5.52. The number of hydrogen-bond acceptors (Lipinski definition) is 3. The van der Waals surface area contributed by atoms with Crippen molar-refractivity contribution in [3.8, 4) is 5.75 Å². The first-order valence-electron chi connectivity index (χ1n) is 8.66. The number of nitrogens with zero attached hydrogens (tertiary/aromatic N) is 2. The first-order chi connectivity index (χ1) is 12.0. The Balaban J connectivity index is 2.10. The van der Waals surface area contributed by atoms with Gasteiger partial charge in [0, 0.05) is 26.0 Å². The minimum atomic E-state index is -0.347. The van der Waals surface area contributed by atoms with Crippen LogP contribution in [0.25, 0.3) is 0 Å². The molecule has 1 unspecified atom stereocenters. The van der Waals surface area contributed by atoms with Gasteiger partial charge in [-0.25, -0.2) is 9.78 Å². The van der Waals surface area contributed by atoms with E-state index in [1.807, 2.05) is 42.1 Å². The van der Waals surface area contributed by atoms with Crippen molar-refractivity contribution in [1.82, 2.24) is 20.2 Å². The molecule has 1 atom stereocenters. The molecule has 0 aliphatic heterocycles. The molecule has 1 heterocycles. The number of aromatic nitrogens is 2. The van der Waals surface area contributed by atoms with Crippen LogP contribution in [0.4, 0.5) is 4.79 Å². The number of benzene rings is 1. The molecule has 6 heteroatoms. The lowest BCUT2D eigenvalue weighted by atomic mass is 10.1. The van der Waals surface area contributed by atoms with E-state index in [0.29, 0.717) is 12.5 Å². The van der Waals surface area contributed by atoms with Crippen molar-refractivity contribution in [1.29, 1.82) is 0 Å². The lowest BCUT2D eigenvalue weighted by Crippen LogP contribution is -2.39. The average molecular weight is 344 g/mol. The van der Waals surface area contributed by atoms with Gasteiger partial charge < -0.3 is 19.9 Å². The van der Waals surface area contributed by atoms with Crippen LogP contribution in [0.15, 0.2) is 36.7 Å². The summed E-state index contributed by atoms with van der Waals surface area (Å²) in [5, 5.41) is 5.96. The van der Waals surface area contributed by atoms with Gasteiger partial charge in [-0.1, -0.05) is 26.0 Å². The molecule has 25 heavy (non-hydrogen) atoms. The maximum absolute atomic E-state index is 12.3. The van der Waals surface area contributed by atoms with Crippen molar-refractivity contribution < 1.29 is 9.53 Å². The molecule has 6 nitrogen and oxygen atoms in total. The molecule has 0 spiro atoms. The monoisotopic (exact) mass is 344 g/mol. The van der Waals surface area contributed by atoms with E-state index in [9.17, 15) is 4.79 Å². The normalized spacial score (nSPS) is 12.0. The molecule has 0 aliphatic rings. The first kappa shape index (κ1) is 18.8. The second-order valence-corrected chi connectivity index (χ2v) is 6.54. The molecule has 2 rings (SSSR count). The number of aryl methyl sites for hydroxylation is 1. The van der Waals surface area contributed by atoms with Gasteiger partial charge in [-0.05, 0) is 36.5 Å². The van der Waals surface area contributed by atoms with Crippen molar-refractivity contribution in [3.05, 3.63) is 48.0 Å². The van der Waals surface area contributed by atoms with E-state index in [0.717, 1.165) is 30.0 Å². The Hall–Kier alpha value is -2.50. The number of urea groups is 1. The van der Waals surface area contributed by atoms with Gasteiger partial charge in [0.15, 0.2) is 0 Å². The van der Waals surface area contributed by atoms with Crippen molar-refractivity contribution in [2.75, 3.05) is 13.7 Å². The van der Waals surface area contributed by atoms with Crippen LogP contribution in [0.3, 0.4) is 0 Å². The smallest absolute Gasteiger partial charge is 0.315 e. The fourth-order valence-corrected chi connectivity index (χ4v) is 2.67. The third-order valence-electron chi connectivity index (χ3n) is 4.06.